The van der Waals surface area contributed by atoms with Crippen LogP contribution in [0.1, 0.15) is 33.6 Å². The minimum atomic E-state index is -0.418. The summed E-state index contributed by atoms with van der Waals surface area (Å²) in [5.41, 5.74) is 5.47. The molecule has 1 aliphatic rings. The number of esters is 1. The van der Waals surface area contributed by atoms with Gasteiger partial charge in [0.1, 0.15) is 5.60 Å². The van der Waals surface area contributed by atoms with Crippen LogP contribution in [0.3, 0.4) is 0 Å². The molecule has 0 aromatic heterocycles. The molecule has 1 heterocycles. The highest BCUT2D eigenvalue weighted by molar-refractivity contribution is 5.69. The molecule has 17 heavy (non-hydrogen) atoms. The van der Waals surface area contributed by atoms with Crippen LogP contribution in [0.4, 0.5) is 0 Å². The van der Waals surface area contributed by atoms with Gasteiger partial charge in [-0.25, -0.2) is 0 Å². The summed E-state index contributed by atoms with van der Waals surface area (Å²) < 4.78 is 5.27. The van der Waals surface area contributed by atoms with Gasteiger partial charge in [-0.15, -0.1) is 0 Å². The quantitative estimate of drug-likeness (QED) is 0.608. The third-order valence-corrected chi connectivity index (χ3v) is 2.68. The number of carbonyl (C=O) groups is 1. The maximum absolute atomic E-state index is 11.6. The molecule has 0 aromatic rings. The maximum atomic E-state index is 11.6. The van der Waals surface area contributed by atoms with Gasteiger partial charge in [0, 0.05) is 38.1 Å². The Morgan fingerprint density at radius 2 is 1.82 bits per heavy atom. The lowest BCUT2D eigenvalue weighted by molar-refractivity contribution is -0.155. The van der Waals surface area contributed by atoms with Gasteiger partial charge < -0.3 is 21.1 Å². The fourth-order valence-electron chi connectivity index (χ4n) is 1.83. The van der Waals surface area contributed by atoms with Crippen LogP contribution in [0.15, 0.2) is 0 Å². The molecule has 0 atom stereocenters. The lowest BCUT2D eigenvalue weighted by Crippen LogP contribution is -2.53. The molecule has 1 fully saturated rings. The zero-order valence-corrected chi connectivity index (χ0v) is 11.1. The number of nitrogens with two attached hydrogens (primary N) is 1. The fraction of sp³-hybridized carbons (Fsp3) is 0.917. The molecule has 0 aliphatic carbocycles. The first-order valence-electron chi connectivity index (χ1n) is 6.23. The van der Waals surface area contributed by atoms with E-state index in [-0.39, 0.29) is 11.5 Å². The summed E-state index contributed by atoms with van der Waals surface area (Å²) in [5, 5.41) is 6.54. The molecular weight excluding hydrogens is 218 g/mol. The lowest BCUT2D eigenvalue weighted by Gasteiger charge is -2.28. The van der Waals surface area contributed by atoms with Crippen LogP contribution in [-0.2, 0) is 9.53 Å². The average molecular weight is 243 g/mol. The van der Waals surface area contributed by atoms with E-state index in [1.165, 1.54) is 0 Å². The maximum Gasteiger partial charge on any atom is 0.306 e. The molecule has 1 rings (SSSR count). The number of hydrogen-bond donors (Lipinski definition) is 3. The second-order valence-corrected chi connectivity index (χ2v) is 5.80. The molecule has 0 amide bonds. The molecule has 4 N–H and O–H groups in total. The van der Waals surface area contributed by atoms with E-state index in [0.717, 1.165) is 26.2 Å². The second kappa shape index (κ2) is 5.80. The molecule has 0 unspecified atom stereocenters. The largest absolute Gasteiger partial charge is 0.460 e. The van der Waals surface area contributed by atoms with Gasteiger partial charge in [-0.2, -0.15) is 0 Å². The molecule has 1 aliphatic heterocycles. The Labute approximate surface area is 103 Å². The third kappa shape index (κ3) is 6.00. The van der Waals surface area contributed by atoms with Gasteiger partial charge in [-0.05, 0) is 27.2 Å². The van der Waals surface area contributed by atoms with Crippen molar-refractivity contribution in [2.24, 2.45) is 5.73 Å². The van der Waals surface area contributed by atoms with Crippen LogP contribution in [0.25, 0.3) is 0 Å². The number of ether oxygens (including phenoxy) is 1. The van der Waals surface area contributed by atoms with E-state index in [2.05, 4.69) is 10.6 Å². The molecular formula is C12H25N3O2. The van der Waals surface area contributed by atoms with Gasteiger partial charge in [0.05, 0.1) is 0 Å². The van der Waals surface area contributed by atoms with Crippen molar-refractivity contribution in [2.75, 3.05) is 26.2 Å². The predicted molar refractivity (Wildman–Crippen MR) is 67.7 cm³/mol. The Kier molecular flexibility index (Phi) is 4.91. The standard InChI is InChI=1S/C12H25N3O2/c1-11(2,3)17-10(16)4-5-12(13)8-14-6-7-15-9-12/h14-15H,4-9,13H2,1-3H3. The van der Waals surface area contributed by atoms with E-state index in [4.69, 9.17) is 10.5 Å². The second-order valence-electron chi connectivity index (χ2n) is 5.80. The summed E-state index contributed by atoms with van der Waals surface area (Å²) in [4.78, 5) is 11.6. The number of nitrogens with one attached hydrogen (secondary N) is 2. The molecule has 1 saturated heterocycles. The summed E-state index contributed by atoms with van der Waals surface area (Å²) in [6.45, 7) is 8.94. The Morgan fingerprint density at radius 3 is 2.29 bits per heavy atom. The van der Waals surface area contributed by atoms with Gasteiger partial charge in [0.2, 0.25) is 0 Å². The summed E-state index contributed by atoms with van der Waals surface area (Å²) in [5.74, 6) is -0.174. The van der Waals surface area contributed by atoms with Crippen LogP contribution in [0, 0.1) is 0 Å². The van der Waals surface area contributed by atoms with E-state index in [1.807, 2.05) is 20.8 Å². The van der Waals surface area contributed by atoms with Crippen molar-refractivity contribution in [2.45, 2.75) is 44.8 Å². The smallest absolute Gasteiger partial charge is 0.306 e. The fourth-order valence-corrected chi connectivity index (χ4v) is 1.83. The van der Waals surface area contributed by atoms with Gasteiger partial charge in [-0.1, -0.05) is 0 Å². The first-order valence-corrected chi connectivity index (χ1v) is 6.23. The monoisotopic (exact) mass is 243 g/mol. The Balaban J connectivity index is 2.35. The molecule has 0 radical (unpaired) electrons. The van der Waals surface area contributed by atoms with E-state index in [9.17, 15) is 4.79 Å². The topological polar surface area (TPSA) is 76.4 Å². The Bertz CT molecular complexity index is 253. The number of hydrogen-bond acceptors (Lipinski definition) is 5. The normalized spacial score (nSPS) is 20.7. The SMILES string of the molecule is CC(C)(C)OC(=O)CCC1(N)CNCCNC1. The molecule has 5 nitrogen and oxygen atoms in total. The molecule has 5 heteroatoms. The van der Waals surface area contributed by atoms with E-state index in [0.29, 0.717) is 12.8 Å². The highest BCUT2D eigenvalue weighted by Crippen LogP contribution is 2.13. The van der Waals surface area contributed by atoms with Crippen LogP contribution in [0.5, 0.6) is 0 Å². The van der Waals surface area contributed by atoms with Crippen molar-refractivity contribution in [1.82, 2.24) is 10.6 Å². The summed E-state index contributed by atoms with van der Waals surface area (Å²) in [7, 11) is 0. The van der Waals surface area contributed by atoms with Gasteiger partial charge in [0.25, 0.3) is 0 Å². The van der Waals surface area contributed by atoms with Gasteiger partial charge >= 0.3 is 5.97 Å². The number of carbonyl (C=O) groups excluding carboxylic acids is 1. The minimum absolute atomic E-state index is 0.174. The predicted octanol–water partition coefficient (Wildman–Crippen LogP) is -0.00140. The summed E-state index contributed by atoms with van der Waals surface area (Å²) in [6, 6.07) is 0. The summed E-state index contributed by atoms with van der Waals surface area (Å²) in [6.07, 6.45) is 1.01. The van der Waals surface area contributed by atoms with Crippen LogP contribution in [0.2, 0.25) is 0 Å². The van der Waals surface area contributed by atoms with Crippen molar-refractivity contribution in [1.29, 1.82) is 0 Å². The Morgan fingerprint density at radius 1 is 1.29 bits per heavy atom. The molecule has 0 saturated carbocycles. The zero-order valence-electron chi connectivity index (χ0n) is 11.1. The molecule has 0 bridgehead atoms. The minimum Gasteiger partial charge on any atom is -0.460 e. The molecule has 0 spiro atoms. The first-order chi connectivity index (χ1) is 7.81. The van der Waals surface area contributed by atoms with E-state index >= 15 is 0 Å². The van der Waals surface area contributed by atoms with E-state index in [1.54, 1.807) is 0 Å². The zero-order chi connectivity index (χ0) is 12.9. The molecule has 0 aromatic carbocycles. The Hall–Kier alpha value is -0.650. The molecule has 100 valence electrons. The summed E-state index contributed by atoms with van der Waals surface area (Å²) >= 11 is 0. The third-order valence-electron chi connectivity index (χ3n) is 2.68. The van der Waals surface area contributed by atoms with Crippen molar-refractivity contribution in [3.05, 3.63) is 0 Å². The highest BCUT2D eigenvalue weighted by atomic mass is 16.6. The first kappa shape index (κ1) is 14.4. The van der Waals surface area contributed by atoms with Crippen molar-refractivity contribution < 1.29 is 9.53 Å². The van der Waals surface area contributed by atoms with Crippen LogP contribution < -0.4 is 16.4 Å². The van der Waals surface area contributed by atoms with Crippen molar-refractivity contribution in [3.63, 3.8) is 0 Å². The van der Waals surface area contributed by atoms with Gasteiger partial charge in [0.15, 0.2) is 0 Å². The highest BCUT2D eigenvalue weighted by Gasteiger charge is 2.27. The lowest BCUT2D eigenvalue weighted by atomic mass is 9.94. The van der Waals surface area contributed by atoms with Crippen molar-refractivity contribution in [3.8, 4) is 0 Å². The number of rotatable bonds is 3. The van der Waals surface area contributed by atoms with Crippen LogP contribution >= 0.6 is 0 Å². The van der Waals surface area contributed by atoms with E-state index < -0.39 is 5.60 Å². The van der Waals surface area contributed by atoms with Gasteiger partial charge in [-0.3, -0.25) is 4.79 Å². The van der Waals surface area contributed by atoms with Crippen molar-refractivity contribution >= 4 is 5.97 Å². The average Bonchev–Trinajstić information content (AvgIpc) is 2.38. The van der Waals surface area contributed by atoms with Crippen LogP contribution in [-0.4, -0.2) is 43.3 Å².